The van der Waals surface area contributed by atoms with Gasteiger partial charge in [0.25, 0.3) is 5.69 Å². The molecule has 0 aliphatic rings. The van der Waals surface area contributed by atoms with Crippen LogP contribution in [0, 0.1) is 10.1 Å². The molecule has 0 bridgehead atoms. The summed E-state index contributed by atoms with van der Waals surface area (Å²) in [7, 11) is 0. The van der Waals surface area contributed by atoms with E-state index < -0.39 is 10.9 Å². The summed E-state index contributed by atoms with van der Waals surface area (Å²) in [5.41, 5.74) is 5.94. The molecule has 114 valence electrons. The lowest BCUT2D eigenvalue weighted by atomic mass is 10.2. The summed E-state index contributed by atoms with van der Waals surface area (Å²) in [6.07, 6.45) is 2.83. The Morgan fingerprint density at radius 2 is 2.14 bits per heavy atom. The zero-order chi connectivity index (χ0) is 16.1. The number of benzene rings is 1. The molecule has 0 spiro atoms. The van der Waals surface area contributed by atoms with Crippen LogP contribution in [0.15, 0.2) is 41.8 Å². The maximum Gasteiger partial charge on any atom is 0.356 e. The van der Waals surface area contributed by atoms with Gasteiger partial charge in [-0.15, -0.1) is 0 Å². The van der Waals surface area contributed by atoms with Crippen LogP contribution >= 0.6 is 11.6 Å². The van der Waals surface area contributed by atoms with Gasteiger partial charge in [-0.3, -0.25) is 14.8 Å². The number of halogens is 1. The number of nitro benzene ring substituents is 1. The molecule has 0 unspecified atom stereocenters. The third kappa shape index (κ3) is 4.03. The number of amidine groups is 1. The maximum atomic E-state index is 11.5. The van der Waals surface area contributed by atoms with Gasteiger partial charge in [0.2, 0.25) is 0 Å². The van der Waals surface area contributed by atoms with E-state index in [4.69, 9.17) is 17.3 Å². The maximum absolute atomic E-state index is 11.5. The van der Waals surface area contributed by atoms with Gasteiger partial charge in [0.05, 0.1) is 16.1 Å². The molecule has 0 atom stereocenters. The predicted molar refractivity (Wildman–Crippen MR) is 77.1 cm³/mol. The molecule has 0 saturated carbocycles. The quantitative estimate of drug-likeness (QED) is 0.290. The lowest BCUT2D eigenvalue weighted by Crippen LogP contribution is -2.17. The molecule has 10 heteroatoms. The van der Waals surface area contributed by atoms with Crippen molar-refractivity contribution in [1.29, 1.82) is 0 Å². The Balaban J connectivity index is 1.96. The summed E-state index contributed by atoms with van der Waals surface area (Å²) in [6, 6.07) is 5.34. The SMILES string of the molecule is N/C(=N\OC(=O)Cn1cc(Cl)cn1)c1ccc([N+](=O)[O-])cc1. The van der Waals surface area contributed by atoms with Crippen molar-refractivity contribution in [3.8, 4) is 0 Å². The second-order valence-electron chi connectivity index (χ2n) is 4.10. The molecule has 22 heavy (non-hydrogen) atoms. The first-order chi connectivity index (χ1) is 10.5. The third-order valence-electron chi connectivity index (χ3n) is 2.51. The van der Waals surface area contributed by atoms with Crippen LogP contribution in [0.3, 0.4) is 0 Å². The monoisotopic (exact) mass is 323 g/mol. The molecule has 0 radical (unpaired) electrons. The van der Waals surface area contributed by atoms with Crippen molar-refractivity contribution in [2.45, 2.75) is 6.54 Å². The highest BCUT2D eigenvalue weighted by atomic mass is 35.5. The molecule has 2 N–H and O–H groups in total. The summed E-state index contributed by atoms with van der Waals surface area (Å²) in [4.78, 5) is 26.2. The molecule has 2 rings (SSSR count). The molecular formula is C12H10ClN5O4. The van der Waals surface area contributed by atoms with Gasteiger partial charge >= 0.3 is 5.97 Å². The van der Waals surface area contributed by atoms with Crippen molar-refractivity contribution < 1.29 is 14.6 Å². The van der Waals surface area contributed by atoms with Gasteiger partial charge in [-0.2, -0.15) is 5.10 Å². The average molecular weight is 324 g/mol. The minimum atomic E-state index is -0.690. The van der Waals surface area contributed by atoms with Crippen molar-refractivity contribution >= 4 is 29.1 Å². The van der Waals surface area contributed by atoms with Crippen molar-refractivity contribution in [3.05, 3.63) is 57.4 Å². The molecule has 0 fully saturated rings. The van der Waals surface area contributed by atoms with E-state index in [1.165, 1.54) is 41.3 Å². The number of hydrogen-bond donors (Lipinski definition) is 1. The molecule has 0 amide bonds. The lowest BCUT2D eigenvalue weighted by molar-refractivity contribution is -0.384. The number of carbonyl (C=O) groups excluding carboxylic acids is 1. The minimum absolute atomic E-state index is 0.0795. The zero-order valence-electron chi connectivity index (χ0n) is 11.0. The summed E-state index contributed by atoms with van der Waals surface area (Å²) >= 11 is 5.66. The van der Waals surface area contributed by atoms with Crippen LogP contribution in [0.25, 0.3) is 0 Å². The van der Waals surface area contributed by atoms with Crippen LogP contribution in [-0.2, 0) is 16.2 Å². The summed E-state index contributed by atoms with van der Waals surface area (Å²) in [5, 5.41) is 18.2. The van der Waals surface area contributed by atoms with Gasteiger partial charge < -0.3 is 10.6 Å². The zero-order valence-corrected chi connectivity index (χ0v) is 11.8. The number of non-ortho nitro benzene ring substituents is 1. The molecule has 1 heterocycles. The highest BCUT2D eigenvalue weighted by Gasteiger charge is 2.08. The molecular weight excluding hydrogens is 314 g/mol. The predicted octanol–water partition coefficient (Wildman–Crippen LogP) is 1.31. The van der Waals surface area contributed by atoms with Gasteiger partial charge in [-0.05, 0) is 12.1 Å². The Kier molecular flexibility index (Phi) is 4.69. The van der Waals surface area contributed by atoms with E-state index >= 15 is 0 Å². The summed E-state index contributed by atoms with van der Waals surface area (Å²) in [5.74, 6) is -0.772. The Bertz CT molecular complexity index is 725. The van der Waals surface area contributed by atoms with Gasteiger partial charge in [0.15, 0.2) is 5.84 Å². The van der Waals surface area contributed by atoms with Crippen LogP contribution < -0.4 is 5.73 Å². The Hall–Kier alpha value is -2.94. The van der Waals surface area contributed by atoms with E-state index in [9.17, 15) is 14.9 Å². The number of carbonyl (C=O) groups is 1. The molecule has 9 nitrogen and oxygen atoms in total. The van der Waals surface area contributed by atoms with Crippen molar-refractivity contribution in [2.75, 3.05) is 0 Å². The fourth-order valence-electron chi connectivity index (χ4n) is 1.49. The summed E-state index contributed by atoms with van der Waals surface area (Å²) < 4.78 is 1.28. The number of nitrogens with zero attached hydrogens (tertiary/aromatic N) is 4. The normalized spacial score (nSPS) is 11.2. The number of nitro groups is 1. The molecule has 0 saturated heterocycles. The van der Waals surface area contributed by atoms with Gasteiger partial charge in [-0.1, -0.05) is 16.8 Å². The number of oxime groups is 1. The molecule has 0 aliphatic heterocycles. The van der Waals surface area contributed by atoms with Crippen LogP contribution in [0.1, 0.15) is 5.56 Å². The highest BCUT2D eigenvalue weighted by Crippen LogP contribution is 2.11. The third-order valence-corrected chi connectivity index (χ3v) is 2.71. The number of hydrogen-bond acceptors (Lipinski definition) is 6. The molecule has 0 aliphatic carbocycles. The Morgan fingerprint density at radius 3 is 2.68 bits per heavy atom. The second-order valence-corrected chi connectivity index (χ2v) is 4.54. The van der Waals surface area contributed by atoms with E-state index in [0.717, 1.165) is 0 Å². The number of aromatic nitrogens is 2. The summed E-state index contributed by atoms with van der Waals surface area (Å²) in [6.45, 7) is -0.177. The molecule has 1 aromatic heterocycles. The largest absolute Gasteiger partial charge is 0.380 e. The highest BCUT2D eigenvalue weighted by molar-refractivity contribution is 6.30. The van der Waals surface area contributed by atoms with Gasteiger partial charge in [0.1, 0.15) is 6.54 Å². The average Bonchev–Trinajstić information content (AvgIpc) is 2.90. The first-order valence-corrected chi connectivity index (χ1v) is 6.29. The van der Waals surface area contributed by atoms with Crippen LogP contribution in [0.2, 0.25) is 5.02 Å². The lowest BCUT2D eigenvalue weighted by Gasteiger charge is -2.01. The fraction of sp³-hybridized carbons (Fsp3) is 0.0833. The first kappa shape index (κ1) is 15.4. The first-order valence-electron chi connectivity index (χ1n) is 5.92. The molecule has 2 aromatic rings. The van der Waals surface area contributed by atoms with E-state index in [2.05, 4.69) is 15.1 Å². The number of nitrogens with two attached hydrogens (primary N) is 1. The Morgan fingerprint density at radius 1 is 1.45 bits per heavy atom. The smallest absolute Gasteiger partial charge is 0.356 e. The van der Waals surface area contributed by atoms with Crippen molar-refractivity contribution in [1.82, 2.24) is 9.78 Å². The van der Waals surface area contributed by atoms with Crippen LogP contribution in [0.4, 0.5) is 5.69 Å². The van der Waals surface area contributed by atoms with Crippen LogP contribution in [-0.4, -0.2) is 26.5 Å². The Labute approximate surface area is 129 Å². The van der Waals surface area contributed by atoms with E-state index in [1.807, 2.05) is 0 Å². The standard InChI is InChI=1S/C12H10ClN5O4/c13-9-5-15-17(6-9)7-11(19)22-16-12(14)8-1-3-10(4-2-8)18(20)21/h1-6H,7H2,(H2,14,16). The fourth-order valence-corrected chi connectivity index (χ4v) is 1.65. The van der Waals surface area contributed by atoms with Crippen molar-refractivity contribution in [2.24, 2.45) is 10.9 Å². The van der Waals surface area contributed by atoms with Crippen molar-refractivity contribution in [3.63, 3.8) is 0 Å². The van der Waals surface area contributed by atoms with E-state index in [-0.39, 0.29) is 18.1 Å². The number of rotatable bonds is 5. The molecule has 1 aromatic carbocycles. The second kappa shape index (κ2) is 6.68. The van der Waals surface area contributed by atoms with Crippen LogP contribution in [0.5, 0.6) is 0 Å². The van der Waals surface area contributed by atoms with E-state index in [1.54, 1.807) is 0 Å². The minimum Gasteiger partial charge on any atom is -0.380 e. The van der Waals surface area contributed by atoms with Gasteiger partial charge in [-0.25, -0.2) is 4.79 Å². The van der Waals surface area contributed by atoms with Gasteiger partial charge in [0, 0.05) is 23.9 Å². The van der Waals surface area contributed by atoms with E-state index in [0.29, 0.717) is 10.6 Å². The topological polar surface area (TPSA) is 126 Å².